The average molecular weight is 423 g/mol. The third-order valence-electron chi connectivity index (χ3n) is 4.83. The molecule has 1 aliphatic rings. The van der Waals surface area contributed by atoms with Crippen molar-refractivity contribution in [3.05, 3.63) is 76.5 Å². The van der Waals surface area contributed by atoms with Gasteiger partial charge in [-0.25, -0.2) is 4.98 Å². The molecule has 7 nitrogen and oxygen atoms in total. The first-order valence-corrected chi connectivity index (χ1v) is 10.4. The minimum atomic E-state index is -0.452. The largest absolute Gasteiger partial charge is 0.437 e. The van der Waals surface area contributed by atoms with Gasteiger partial charge < -0.3 is 15.4 Å². The number of hydrogen-bond acceptors (Lipinski definition) is 7. The summed E-state index contributed by atoms with van der Waals surface area (Å²) in [4.78, 5) is 17.8. The number of anilines is 2. The van der Waals surface area contributed by atoms with Crippen molar-refractivity contribution in [1.29, 1.82) is 0 Å². The van der Waals surface area contributed by atoms with Gasteiger partial charge in [0.15, 0.2) is 0 Å². The van der Waals surface area contributed by atoms with E-state index in [1.807, 2.05) is 41.3 Å². The van der Waals surface area contributed by atoms with Gasteiger partial charge >= 0.3 is 0 Å². The summed E-state index contributed by atoms with van der Waals surface area (Å²) in [5.41, 5.74) is 8.43. The zero-order valence-electron chi connectivity index (χ0n) is 16.9. The van der Waals surface area contributed by atoms with Crippen LogP contribution in [-0.4, -0.2) is 15.4 Å². The third kappa shape index (κ3) is 3.71. The van der Waals surface area contributed by atoms with Crippen LogP contribution >= 0.6 is 11.8 Å². The predicted octanol–water partition coefficient (Wildman–Crippen LogP) is 5.57. The molecule has 1 aliphatic heterocycles. The Bertz CT molecular complexity index is 1110. The summed E-state index contributed by atoms with van der Waals surface area (Å²) >= 11 is 1.36. The molecule has 3 aromatic rings. The van der Waals surface area contributed by atoms with Gasteiger partial charge in [-0.2, -0.15) is 0 Å². The molecule has 0 amide bonds. The molecule has 8 heteroatoms. The minimum Gasteiger partial charge on any atom is -0.437 e. The smallest absolute Gasteiger partial charge is 0.270 e. The Morgan fingerprint density at radius 2 is 1.90 bits per heavy atom. The van der Waals surface area contributed by atoms with Crippen LogP contribution in [0.2, 0.25) is 0 Å². The topological polar surface area (TPSA) is 94.5 Å². The highest BCUT2D eigenvalue weighted by atomic mass is 32.2. The number of nitrogens with two attached hydrogens (primary N) is 1. The van der Waals surface area contributed by atoms with Crippen LogP contribution in [0.25, 0.3) is 0 Å². The summed E-state index contributed by atoms with van der Waals surface area (Å²) in [6.45, 7) is 6.39. The fourth-order valence-corrected chi connectivity index (χ4v) is 4.49. The van der Waals surface area contributed by atoms with Gasteiger partial charge in [-0.1, -0.05) is 50.7 Å². The molecule has 2 aromatic carbocycles. The van der Waals surface area contributed by atoms with Gasteiger partial charge in [0.1, 0.15) is 16.9 Å². The summed E-state index contributed by atoms with van der Waals surface area (Å²) in [5.74, 6) is 1.16. The molecule has 0 saturated heterocycles. The van der Waals surface area contributed by atoms with Crippen molar-refractivity contribution in [3.8, 4) is 11.6 Å². The zero-order chi connectivity index (χ0) is 21.5. The highest BCUT2D eigenvalue weighted by Gasteiger charge is 2.32. The molecule has 0 saturated carbocycles. The molecule has 1 aromatic heterocycles. The van der Waals surface area contributed by atoms with Crippen LogP contribution in [-0.2, 0) is 5.41 Å². The van der Waals surface area contributed by atoms with Crippen LogP contribution in [0.3, 0.4) is 0 Å². The molecule has 2 N–H and O–H groups in total. The molecule has 0 radical (unpaired) electrons. The molecular weight excluding hydrogens is 400 g/mol. The van der Waals surface area contributed by atoms with E-state index >= 15 is 0 Å². The second-order valence-corrected chi connectivity index (χ2v) is 9.12. The number of nitro groups is 1. The first-order chi connectivity index (χ1) is 14.3. The number of aromatic nitrogens is 1. The van der Waals surface area contributed by atoms with Crippen LogP contribution in [0.4, 0.5) is 17.1 Å². The van der Waals surface area contributed by atoms with Gasteiger partial charge in [0.05, 0.1) is 10.6 Å². The van der Waals surface area contributed by atoms with Gasteiger partial charge in [0, 0.05) is 28.8 Å². The van der Waals surface area contributed by atoms with E-state index in [-0.39, 0.29) is 11.1 Å². The van der Waals surface area contributed by atoms with Gasteiger partial charge in [-0.3, -0.25) is 10.1 Å². The monoisotopic (exact) mass is 422 g/mol. The van der Waals surface area contributed by atoms with Crippen LogP contribution < -0.4 is 15.4 Å². The maximum absolute atomic E-state index is 11.1. The highest BCUT2D eigenvalue weighted by Crippen LogP contribution is 2.49. The first kappa shape index (κ1) is 20.2. The number of hydrogen-bond donors (Lipinski definition) is 1. The number of nitrogens with zero attached hydrogens (tertiary/aromatic N) is 3. The Labute approximate surface area is 179 Å². The van der Waals surface area contributed by atoms with Crippen LogP contribution in [0.5, 0.6) is 11.6 Å². The summed E-state index contributed by atoms with van der Waals surface area (Å²) < 4.78 is 6.28. The van der Waals surface area contributed by atoms with E-state index < -0.39 is 10.4 Å². The van der Waals surface area contributed by atoms with Gasteiger partial charge in [-0.15, -0.1) is 0 Å². The Morgan fingerprint density at radius 1 is 1.13 bits per heavy atom. The number of pyridine rings is 1. The van der Waals surface area contributed by atoms with Crippen molar-refractivity contribution < 1.29 is 9.66 Å². The molecule has 1 unspecified atom stereocenters. The van der Waals surface area contributed by atoms with Gasteiger partial charge in [0.2, 0.25) is 5.88 Å². The van der Waals surface area contributed by atoms with Crippen LogP contribution in [0.15, 0.2) is 65.7 Å². The number of ether oxygens (including phenoxy) is 1. The minimum absolute atomic E-state index is 0.0389. The van der Waals surface area contributed by atoms with E-state index in [0.29, 0.717) is 11.6 Å². The van der Waals surface area contributed by atoms with Crippen LogP contribution in [0.1, 0.15) is 26.3 Å². The molecule has 0 bridgehead atoms. The molecule has 30 heavy (non-hydrogen) atoms. The normalized spacial score (nSPS) is 15.7. The van der Waals surface area contributed by atoms with Crippen molar-refractivity contribution in [2.75, 3.05) is 4.90 Å². The molecule has 2 heterocycles. The van der Waals surface area contributed by atoms with Crippen LogP contribution in [0, 0.1) is 10.1 Å². The Morgan fingerprint density at radius 3 is 2.63 bits per heavy atom. The van der Waals surface area contributed by atoms with Gasteiger partial charge in [-0.05, 0) is 29.7 Å². The lowest BCUT2D eigenvalue weighted by Gasteiger charge is -2.26. The van der Waals surface area contributed by atoms with Crippen molar-refractivity contribution in [1.82, 2.24) is 4.98 Å². The third-order valence-corrected chi connectivity index (χ3v) is 5.86. The highest BCUT2D eigenvalue weighted by molar-refractivity contribution is 8.00. The summed E-state index contributed by atoms with van der Waals surface area (Å²) in [6, 6.07) is 16.3. The lowest BCUT2D eigenvalue weighted by Crippen LogP contribution is -2.32. The predicted molar refractivity (Wildman–Crippen MR) is 119 cm³/mol. The summed E-state index contributed by atoms with van der Waals surface area (Å²) in [5, 5.41) is 11.1. The van der Waals surface area contributed by atoms with E-state index in [1.165, 1.54) is 17.8 Å². The standard InChI is InChI=1S/C22H22N4O3S/c1-22(2,3)15-7-4-5-9-18(15)29-20-17(8-6-12-24-20)25-16-11-10-14(26(27)28)13-19(16)30-21(25)23/h4-13,21H,23H2,1-3H3. The Kier molecular flexibility index (Phi) is 5.13. The second kappa shape index (κ2) is 7.62. The molecular formula is C22H22N4O3S. The number of para-hydroxylation sites is 1. The van der Waals surface area contributed by atoms with E-state index in [9.17, 15) is 10.1 Å². The van der Waals surface area contributed by atoms with Crippen molar-refractivity contribution in [3.63, 3.8) is 0 Å². The van der Waals surface area contributed by atoms with Crippen molar-refractivity contribution >= 4 is 28.8 Å². The number of nitro benzene ring substituents is 1. The lowest BCUT2D eigenvalue weighted by atomic mass is 9.86. The average Bonchev–Trinajstić information content (AvgIpc) is 3.03. The second-order valence-electron chi connectivity index (χ2n) is 7.96. The number of benzene rings is 2. The Balaban J connectivity index is 1.75. The van der Waals surface area contributed by atoms with E-state index in [2.05, 4.69) is 25.8 Å². The fraction of sp³-hybridized carbons (Fsp3) is 0.227. The van der Waals surface area contributed by atoms with E-state index in [4.69, 9.17) is 10.5 Å². The van der Waals surface area contributed by atoms with E-state index in [0.717, 1.165) is 21.9 Å². The summed E-state index contributed by atoms with van der Waals surface area (Å²) in [7, 11) is 0. The fourth-order valence-electron chi connectivity index (χ4n) is 3.42. The van der Waals surface area contributed by atoms with E-state index in [1.54, 1.807) is 18.3 Å². The maximum atomic E-state index is 11.1. The lowest BCUT2D eigenvalue weighted by molar-refractivity contribution is -0.385. The van der Waals surface area contributed by atoms with Crippen molar-refractivity contribution in [2.24, 2.45) is 5.73 Å². The Hall–Kier alpha value is -3.10. The quantitative estimate of drug-likeness (QED) is 0.434. The van der Waals surface area contributed by atoms with Gasteiger partial charge in [0.25, 0.3) is 5.69 Å². The molecule has 154 valence electrons. The number of rotatable bonds is 4. The number of thioether (sulfide) groups is 1. The zero-order valence-corrected chi connectivity index (χ0v) is 17.7. The first-order valence-electron chi connectivity index (χ1n) is 9.48. The van der Waals surface area contributed by atoms with Crippen molar-refractivity contribution in [2.45, 2.75) is 36.6 Å². The molecule has 4 rings (SSSR count). The molecule has 1 atom stereocenters. The molecule has 0 fully saturated rings. The number of non-ortho nitro benzene ring substituents is 1. The molecule has 0 aliphatic carbocycles. The number of fused-ring (bicyclic) bond motifs is 1. The summed E-state index contributed by atoms with van der Waals surface area (Å²) in [6.07, 6.45) is 1.67. The maximum Gasteiger partial charge on any atom is 0.270 e. The SMILES string of the molecule is CC(C)(C)c1ccccc1Oc1ncccc1N1c2ccc([N+](=O)[O-])cc2SC1N. The molecule has 0 spiro atoms.